The molecule has 0 N–H and O–H groups in total. The van der Waals surface area contributed by atoms with Gasteiger partial charge in [0, 0.05) is 36.7 Å². The van der Waals surface area contributed by atoms with Crippen LogP contribution in [0.25, 0.3) is 0 Å². The molecule has 0 aliphatic rings. The number of aromatic nitrogens is 3. The second-order valence-electron chi connectivity index (χ2n) is 7.29. The number of rotatable bonds is 3. The van der Waals surface area contributed by atoms with Gasteiger partial charge in [0.25, 0.3) is 0 Å². The molecule has 0 spiro atoms. The van der Waals surface area contributed by atoms with Gasteiger partial charge >= 0.3 is 0 Å². The minimum Gasteiger partial charge on any atom is -0.265 e. The molecule has 0 amide bonds. The van der Waals surface area contributed by atoms with Gasteiger partial charge in [-0.1, -0.05) is 81.4 Å². The van der Waals surface area contributed by atoms with Crippen molar-refractivity contribution in [1.82, 2.24) is 15.0 Å². The summed E-state index contributed by atoms with van der Waals surface area (Å²) in [5.74, 6) is 1.76. The summed E-state index contributed by atoms with van der Waals surface area (Å²) in [5.41, 5.74) is 3.82. The molecule has 0 saturated heterocycles. The molecule has 3 aromatic rings. The van der Waals surface area contributed by atoms with Crippen molar-refractivity contribution in [3.63, 3.8) is 0 Å². The van der Waals surface area contributed by atoms with Crippen LogP contribution in [0.3, 0.4) is 0 Å². The van der Waals surface area contributed by atoms with Crippen molar-refractivity contribution in [2.24, 2.45) is 0 Å². The van der Waals surface area contributed by atoms with Crippen LogP contribution in [0.5, 0.6) is 0 Å². The van der Waals surface area contributed by atoms with Crippen LogP contribution in [-0.4, -0.2) is 15.0 Å². The summed E-state index contributed by atoms with van der Waals surface area (Å²) in [6, 6.07) is 14.2. The Morgan fingerprint density at radius 3 is 1.39 bits per heavy atom. The van der Waals surface area contributed by atoms with Crippen molar-refractivity contribution in [2.45, 2.75) is 87.0 Å². The van der Waals surface area contributed by atoms with Crippen LogP contribution < -0.4 is 0 Å². The monoisotopic (exact) mass is 423 g/mol. The van der Waals surface area contributed by atoms with Crippen LogP contribution in [0.1, 0.15) is 104 Å². The molecule has 0 fully saturated rings. The molecule has 0 aliphatic heterocycles. The topological polar surface area (TPSA) is 38.7 Å². The molecule has 3 heterocycles. The SMILES string of the molecule is CC.CC.CC(C)c1ccccn1.CC(C)c1cccnc1.CC(C)c1ccncc1. The number of hydrogen-bond donors (Lipinski definition) is 0. The average Bonchev–Trinajstić information content (AvgIpc) is 2.84. The fraction of sp³-hybridized carbons (Fsp3) is 0.464. The molecule has 3 aromatic heterocycles. The first-order valence-corrected chi connectivity index (χ1v) is 11.6. The Balaban J connectivity index is 0. The maximum Gasteiger partial charge on any atom is 0.0428 e. The van der Waals surface area contributed by atoms with Crippen molar-refractivity contribution in [3.05, 3.63) is 90.3 Å². The zero-order chi connectivity index (χ0) is 24.1. The van der Waals surface area contributed by atoms with Gasteiger partial charge in [-0.15, -0.1) is 0 Å². The number of nitrogens with zero attached hydrogens (tertiary/aromatic N) is 3. The largest absolute Gasteiger partial charge is 0.265 e. The van der Waals surface area contributed by atoms with Crippen molar-refractivity contribution >= 4 is 0 Å². The van der Waals surface area contributed by atoms with E-state index in [9.17, 15) is 0 Å². The minimum absolute atomic E-state index is 0.547. The maximum absolute atomic E-state index is 4.18. The lowest BCUT2D eigenvalue weighted by Gasteiger charge is -2.01. The molecule has 0 aliphatic carbocycles. The summed E-state index contributed by atoms with van der Waals surface area (Å²) in [6.45, 7) is 21.0. The zero-order valence-corrected chi connectivity index (χ0v) is 21.5. The van der Waals surface area contributed by atoms with E-state index in [4.69, 9.17) is 0 Å². The summed E-state index contributed by atoms with van der Waals surface area (Å²) >= 11 is 0. The van der Waals surface area contributed by atoms with Gasteiger partial charge in [0.15, 0.2) is 0 Å². The van der Waals surface area contributed by atoms with Gasteiger partial charge in [-0.2, -0.15) is 0 Å². The van der Waals surface area contributed by atoms with Crippen molar-refractivity contribution in [2.75, 3.05) is 0 Å². The molecule has 0 atom stereocenters. The lowest BCUT2D eigenvalue weighted by molar-refractivity contribution is 0.823. The Labute approximate surface area is 192 Å². The highest BCUT2D eigenvalue weighted by Gasteiger charge is 1.96. The molecule has 0 unspecified atom stereocenters. The van der Waals surface area contributed by atoms with Gasteiger partial charge in [-0.25, -0.2) is 0 Å². The van der Waals surface area contributed by atoms with E-state index in [2.05, 4.69) is 62.6 Å². The highest BCUT2D eigenvalue weighted by Crippen LogP contribution is 2.11. The Morgan fingerprint density at radius 1 is 0.516 bits per heavy atom. The molecule has 0 radical (unpaired) electrons. The third-order valence-corrected chi connectivity index (χ3v) is 4.00. The first-order valence-electron chi connectivity index (χ1n) is 11.6. The van der Waals surface area contributed by atoms with Gasteiger partial charge in [-0.05, 0) is 59.2 Å². The molecular weight excluding hydrogens is 378 g/mol. The van der Waals surface area contributed by atoms with Gasteiger partial charge in [0.05, 0.1) is 0 Å². The Bertz CT molecular complexity index is 606. The Morgan fingerprint density at radius 2 is 1.10 bits per heavy atom. The molecule has 31 heavy (non-hydrogen) atoms. The fourth-order valence-electron chi connectivity index (χ4n) is 2.18. The second-order valence-corrected chi connectivity index (χ2v) is 7.29. The Kier molecular flexibility index (Phi) is 20.5. The van der Waals surface area contributed by atoms with Crippen LogP contribution in [0.4, 0.5) is 0 Å². The molecule has 0 aromatic carbocycles. The van der Waals surface area contributed by atoms with E-state index >= 15 is 0 Å². The fourth-order valence-corrected chi connectivity index (χ4v) is 2.18. The lowest BCUT2D eigenvalue weighted by atomic mass is 10.1. The summed E-state index contributed by atoms with van der Waals surface area (Å²) in [6.07, 6.45) is 9.19. The highest BCUT2D eigenvalue weighted by molar-refractivity contribution is 5.13. The van der Waals surface area contributed by atoms with E-state index < -0.39 is 0 Å². The van der Waals surface area contributed by atoms with E-state index in [1.54, 1.807) is 6.20 Å². The summed E-state index contributed by atoms with van der Waals surface area (Å²) in [5, 5.41) is 0. The number of pyridine rings is 3. The maximum atomic E-state index is 4.18. The summed E-state index contributed by atoms with van der Waals surface area (Å²) in [4.78, 5) is 12.1. The standard InChI is InChI=1S/3C8H11N.2C2H6/c1-7(2)8-3-5-9-6-4-8;1-7(2)8-4-3-5-9-6-8;1-7(2)8-5-3-4-6-9-8;2*1-2/h3*3-7H,1-2H3;2*1-2H3. The van der Waals surface area contributed by atoms with Crippen LogP contribution in [-0.2, 0) is 0 Å². The third-order valence-electron chi connectivity index (χ3n) is 4.00. The van der Waals surface area contributed by atoms with Crippen molar-refractivity contribution in [3.8, 4) is 0 Å². The third kappa shape index (κ3) is 15.9. The molecule has 3 nitrogen and oxygen atoms in total. The van der Waals surface area contributed by atoms with Gasteiger partial charge in [-0.3, -0.25) is 15.0 Å². The van der Waals surface area contributed by atoms with E-state index in [1.165, 1.54) is 11.1 Å². The molecule has 3 heteroatoms. The average molecular weight is 424 g/mol. The molecular formula is C28H45N3. The Hall–Kier alpha value is -2.55. The van der Waals surface area contributed by atoms with E-state index in [0.29, 0.717) is 17.8 Å². The molecule has 0 bridgehead atoms. The van der Waals surface area contributed by atoms with E-state index in [1.807, 2.05) is 88.9 Å². The van der Waals surface area contributed by atoms with E-state index in [-0.39, 0.29) is 0 Å². The summed E-state index contributed by atoms with van der Waals surface area (Å²) in [7, 11) is 0. The first-order chi connectivity index (χ1) is 14.9. The van der Waals surface area contributed by atoms with Gasteiger partial charge < -0.3 is 0 Å². The molecule has 3 rings (SSSR count). The predicted octanol–water partition coefficient (Wildman–Crippen LogP) is 8.67. The van der Waals surface area contributed by atoms with Crippen molar-refractivity contribution in [1.29, 1.82) is 0 Å². The molecule has 172 valence electrons. The van der Waals surface area contributed by atoms with Crippen LogP contribution in [0, 0.1) is 0 Å². The predicted molar refractivity (Wildman–Crippen MR) is 138 cm³/mol. The lowest BCUT2D eigenvalue weighted by Crippen LogP contribution is -1.88. The summed E-state index contributed by atoms with van der Waals surface area (Å²) < 4.78 is 0. The zero-order valence-electron chi connectivity index (χ0n) is 21.5. The van der Waals surface area contributed by atoms with E-state index in [0.717, 1.165) is 5.69 Å². The first kappa shape index (κ1) is 30.6. The number of hydrogen-bond acceptors (Lipinski definition) is 3. The molecule has 0 saturated carbocycles. The van der Waals surface area contributed by atoms with Crippen LogP contribution >= 0.6 is 0 Å². The van der Waals surface area contributed by atoms with Crippen molar-refractivity contribution < 1.29 is 0 Å². The quantitative estimate of drug-likeness (QED) is 0.423. The smallest absolute Gasteiger partial charge is 0.0428 e. The highest BCUT2D eigenvalue weighted by atomic mass is 14.7. The second kappa shape index (κ2) is 20.7. The van der Waals surface area contributed by atoms with Gasteiger partial charge in [0.2, 0.25) is 0 Å². The minimum atomic E-state index is 0.547. The van der Waals surface area contributed by atoms with Crippen LogP contribution in [0.15, 0.2) is 73.4 Å². The van der Waals surface area contributed by atoms with Gasteiger partial charge in [0.1, 0.15) is 0 Å². The normalized spacial score (nSPS) is 9.19. The van der Waals surface area contributed by atoms with Crippen LogP contribution in [0.2, 0.25) is 0 Å².